The van der Waals surface area contributed by atoms with E-state index >= 15 is 0 Å². The third kappa shape index (κ3) is 45.2. The average Bonchev–Trinajstić information content (AvgIpc) is 3.26. The molecule has 0 aliphatic heterocycles. The van der Waals surface area contributed by atoms with Crippen molar-refractivity contribution in [3.63, 3.8) is 0 Å². The van der Waals surface area contributed by atoms with Gasteiger partial charge in [-0.25, -0.2) is 9.13 Å². The Balaban J connectivity index is 5.37. The summed E-state index contributed by atoms with van der Waals surface area (Å²) in [4.78, 5) is 89.7. The number of hydrogen-bond acceptors (Lipinski definition) is 10. The maximum atomic E-state index is 13.4. The van der Waals surface area contributed by atoms with E-state index in [2.05, 4.69) is 41.2 Å². The molecule has 0 fully saturated rings. The number of amides is 3. The van der Waals surface area contributed by atoms with Crippen molar-refractivity contribution in [3.8, 4) is 0 Å². The number of hydrogen-bond donors (Lipinski definition) is 8. The van der Waals surface area contributed by atoms with E-state index < -0.39 is 70.9 Å². The monoisotopic (exact) mass is 1010 g/mol. The molecule has 0 heterocycles. The Labute approximate surface area is 410 Å². The summed E-state index contributed by atoms with van der Waals surface area (Å²) in [6, 6.07) is -2.15. The van der Waals surface area contributed by atoms with E-state index in [9.17, 15) is 43.2 Å². The molecular formula is C49H97N3O14P2. The van der Waals surface area contributed by atoms with Gasteiger partial charge in [-0.3, -0.25) is 28.2 Å². The molecule has 8 N–H and O–H groups in total. The van der Waals surface area contributed by atoms with Gasteiger partial charge < -0.3 is 45.4 Å². The van der Waals surface area contributed by atoms with Crippen molar-refractivity contribution in [2.75, 3.05) is 19.8 Å². The summed E-state index contributed by atoms with van der Waals surface area (Å²) in [6.07, 6.45) is 29.1. The molecule has 0 radical (unpaired) electrons. The molecule has 0 aromatic heterocycles. The Morgan fingerprint density at radius 2 is 0.941 bits per heavy atom. The average molecular weight is 1010 g/mol. The fraction of sp³-hybridized carbons (Fsp3) is 0.918. The standard InChI is InChI=1S/C49H97N3O14P2/c1-4-7-10-13-16-19-22-25-28-33-43(53)39-46(54)52-45(36-38-64-67(58,59)60)49(57)50-37-31-32-42(41-65-68(61,62)63)51-47(55)40-44(34-29-26-23-20-17-14-11-8-5-2)66-48(56)35-30-27-24-21-18-15-12-9-6-3/h42-45,53H,4-41H2,1-3H3,(H,50,57)(H,51,55)(H,52,54)(H2,58,59,60)(H2,61,62,63)/t42?,43-,44-,45?/m1/s1. The van der Waals surface area contributed by atoms with Crippen LogP contribution < -0.4 is 16.0 Å². The molecule has 0 saturated carbocycles. The van der Waals surface area contributed by atoms with Crippen LogP contribution in [0.3, 0.4) is 0 Å². The predicted molar refractivity (Wildman–Crippen MR) is 267 cm³/mol. The van der Waals surface area contributed by atoms with Crippen molar-refractivity contribution in [1.29, 1.82) is 0 Å². The fourth-order valence-electron chi connectivity index (χ4n) is 8.09. The number of aliphatic hydroxyl groups excluding tert-OH is 1. The fourth-order valence-corrected chi connectivity index (χ4v) is 8.81. The number of carbonyl (C=O) groups excluding carboxylic acids is 4. The third-order valence-corrected chi connectivity index (χ3v) is 13.0. The van der Waals surface area contributed by atoms with Crippen LogP contribution in [0.5, 0.6) is 0 Å². The van der Waals surface area contributed by atoms with Crippen LogP contribution in [0.15, 0.2) is 0 Å². The summed E-state index contributed by atoms with van der Waals surface area (Å²) in [5.74, 6) is -2.14. The zero-order valence-corrected chi connectivity index (χ0v) is 44.3. The van der Waals surface area contributed by atoms with Gasteiger partial charge >= 0.3 is 21.6 Å². The second-order valence-electron chi connectivity index (χ2n) is 18.7. The van der Waals surface area contributed by atoms with Gasteiger partial charge in [-0.2, -0.15) is 0 Å². The molecule has 0 aromatic carbocycles. The summed E-state index contributed by atoms with van der Waals surface area (Å²) in [7, 11) is -9.77. The zero-order valence-electron chi connectivity index (χ0n) is 42.5. The molecule has 0 rings (SSSR count). The smallest absolute Gasteiger partial charge is 0.462 e. The number of ether oxygens (including phenoxy) is 1. The van der Waals surface area contributed by atoms with Crippen LogP contribution in [0.2, 0.25) is 0 Å². The first kappa shape index (κ1) is 66.1. The third-order valence-electron chi connectivity index (χ3n) is 12.0. The minimum absolute atomic E-state index is 0.00817. The summed E-state index contributed by atoms with van der Waals surface area (Å²) in [5.41, 5.74) is 0. The van der Waals surface area contributed by atoms with Crippen LogP contribution in [0.25, 0.3) is 0 Å². The second-order valence-corrected chi connectivity index (χ2v) is 21.2. The molecule has 402 valence electrons. The Morgan fingerprint density at radius 1 is 0.500 bits per heavy atom. The number of phosphoric ester groups is 2. The SMILES string of the molecule is CCCCCCCCCCCC(=O)O[C@H](CCCCCCCCCCC)CC(=O)NC(CCCNC(=O)C(CCOP(=O)(O)O)NC(=O)C[C@H](O)CCCCCCCCCCC)COP(=O)(O)O. The number of aliphatic hydroxyl groups is 1. The van der Waals surface area contributed by atoms with Crippen LogP contribution in [-0.2, 0) is 42.1 Å². The number of carbonyl (C=O) groups is 4. The Morgan fingerprint density at radius 3 is 1.43 bits per heavy atom. The van der Waals surface area contributed by atoms with Gasteiger partial charge in [-0.15, -0.1) is 0 Å². The van der Waals surface area contributed by atoms with Crippen molar-refractivity contribution < 1.29 is 66.8 Å². The highest BCUT2D eigenvalue weighted by Gasteiger charge is 2.26. The van der Waals surface area contributed by atoms with Gasteiger partial charge in [0.25, 0.3) is 0 Å². The van der Waals surface area contributed by atoms with Crippen LogP contribution in [0, 0.1) is 0 Å². The van der Waals surface area contributed by atoms with Crippen molar-refractivity contribution in [2.45, 2.75) is 270 Å². The first-order valence-corrected chi connectivity index (χ1v) is 29.7. The highest BCUT2D eigenvalue weighted by Crippen LogP contribution is 2.36. The van der Waals surface area contributed by atoms with Gasteiger partial charge in [0.1, 0.15) is 12.1 Å². The van der Waals surface area contributed by atoms with E-state index in [0.29, 0.717) is 19.3 Å². The van der Waals surface area contributed by atoms with E-state index in [1.807, 2.05) is 0 Å². The molecule has 17 nitrogen and oxygen atoms in total. The quantitative estimate of drug-likeness (QED) is 0.0160. The van der Waals surface area contributed by atoms with Crippen LogP contribution >= 0.6 is 15.6 Å². The largest absolute Gasteiger partial charge is 0.469 e. The highest BCUT2D eigenvalue weighted by atomic mass is 31.2. The maximum absolute atomic E-state index is 13.4. The Hall–Kier alpha value is -1.94. The lowest BCUT2D eigenvalue weighted by molar-refractivity contribution is -0.151. The van der Waals surface area contributed by atoms with Crippen molar-refractivity contribution >= 4 is 39.3 Å². The molecule has 68 heavy (non-hydrogen) atoms. The first-order chi connectivity index (χ1) is 32.5. The number of rotatable bonds is 49. The van der Waals surface area contributed by atoms with Crippen molar-refractivity contribution in [3.05, 3.63) is 0 Å². The summed E-state index contributed by atoms with van der Waals surface area (Å²) >= 11 is 0. The molecule has 3 amide bonds. The van der Waals surface area contributed by atoms with Gasteiger partial charge in [0.05, 0.1) is 38.2 Å². The van der Waals surface area contributed by atoms with Crippen LogP contribution in [0.1, 0.15) is 245 Å². The zero-order chi connectivity index (χ0) is 50.7. The molecule has 0 aliphatic rings. The van der Waals surface area contributed by atoms with Gasteiger partial charge in [0.2, 0.25) is 17.7 Å². The molecule has 0 spiro atoms. The molecule has 4 atom stereocenters. The van der Waals surface area contributed by atoms with E-state index in [1.54, 1.807) is 0 Å². The topological polar surface area (TPSA) is 267 Å². The minimum atomic E-state index is -4.91. The number of esters is 1. The van der Waals surface area contributed by atoms with Crippen molar-refractivity contribution in [1.82, 2.24) is 16.0 Å². The molecule has 2 unspecified atom stereocenters. The minimum Gasteiger partial charge on any atom is -0.462 e. The van der Waals surface area contributed by atoms with E-state index in [4.69, 9.17) is 19.0 Å². The number of unbranched alkanes of at least 4 members (excludes halogenated alkanes) is 24. The molecule has 0 aliphatic carbocycles. The molecule has 0 bridgehead atoms. The molecular weight excluding hydrogens is 916 g/mol. The summed E-state index contributed by atoms with van der Waals surface area (Å²) < 4.78 is 38.0. The summed E-state index contributed by atoms with van der Waals surface area (Å²) in [5, 5.41) is 18.4. The highest BCUT2D eigenvalue weighted by molar-refractivity contribution is 7.46. The van der Waals surface area contributed by atoms with Gasteiger partial charge in [0, 0.05) is 19.4 Å². The van der Waals surface area contributed by atoms with E-state index in [-0.39, 0.29) is 51.0 Å². The van der Waals surface area contributed by atoms with Crippen LogP contribution in [-0.4, -0.2) is 92.4 Å². The van der Waals surface area contributed by atoms with Gasteiger partial charge in [-0.1, -0.05) is 181 Å². The predicted octanol–water partition coefficient (Wildman–Crippen LogP) is 10.3. The van der Waals surface area contributed by atoms with Crippen molar-refractivity contribution in [2.24, 2.45) is 0 Å². The van der Waals surface area contributed by atoms with E-state index in [0.717, 1.165) is 70.6 Å². The van der Waals surface area contributed by atoms with Gasteiger partial charge in [-0.05, 0) is 38.5 Å². The summed E-state index contributed by atoms with van der Waals surface area (Å²) in [6.45, 7) is 5.47. The lowest BCUT2D eigenvalue weighted by Gasteiger charge is -2.23. The maximum Gasteiger partial charge on any atom is 0.469 e. The number of nitrogens with one attached hydrogen (secondary N) is 3. The molecule has 19 heteroatoms. The number of phosphoric acid groups is 2. The lowest BCUT2D eigenvalue weighted by Crippen LogP contribution is -2.48. The lowest BCUT2D eigenvalue weighted by atomic mass is 10.0. The normalized spacial score (nSPS) is 13.7. The van der Waals surface area contributed by atoms with Gasteiger partial charge in [0.15, 0.2) is 0 Å². The molecule has 0 aromatic rings. The van der Waals surface area contributed by atoms with E-state index in [1.165, 1.54) is 96.3 Å². The second kappa shape index (κ2) is 43.8. The molecule has 0 saturated heterocycles. The first-order valence-electron chi connectivity index (χ1n) is 26.6. The van der Waals surface area contributed by atoms with Crippen LogP contribution in [0.4, 0.5) is 0 Å². The Kier molecular flexibility index (Phi) is 42.6. The Bertz CT molecular complexity index is 1370.